The number of anilines is 1. The van der Waals surface area contributed by atoms with E-state index in [4.69, 9.17) is 4.74 Å². The van der Waals surface area contributed by atoms with Gasteiger partial charge in [0.15, 0.2) is 0 Å². The highest BCUT2D eigenvalue weighted by Gasteiger charge is 2.33. The molecule has 0 radical (unpaired) electrons. The molecule has 1 aliphatic carbocycles. The van der Waals surface area contributed by atoms with Crippen LogP contribution in [0.25, 0.3) is 0 Å². The van der Waals surface area contributed by atoms with Gasteiger partial charge in [0.1, 0.15) is 11.6 Å². The van der Waals surface area contributed by atoms with E-state index in [-0.39, 0.29) is 23.8 Å². The molecule has 2 N–H and O–H groups in total. The van der Waals surface area contributed by atoms with Crippen molar-refractivity contribution >= 4 is 15.8 Å². The van der Waals surface area contributed by atoms with Crippen LogP contribution in [0.2, 0.25) is 0 Å². The quantitative estimate of drug-likeness (QED) is 0.716. The van der Waals surface area contributed by atoms with Crippen molar-refractivity contribution in [3.05, 3.63) is 18.3 Å². The fourth-order valence-corrected chi connectivity index (χ4v) is 5.23. The van der Waals surface area contributed by atoms with E-state index in [1.165, 1.54) is 31.7 Å². The lowest BCUT2D eigenvalue weighted by atomic mass is 9.85. The van der Waals surface area contributed by atoms with E-state index in [0.717, 1.165) is 24.6 Å². The summed E-state index contributed by atoms with van der Waals surface area (Å²) in [6, 6.07) is 3.29. The van der Waals surface area contributed by atoms with Gasteiger partial charge in [0, 0.05) is 25.0 Å². The van der Waals surface area contributed by atoms with Gasteiger partial charge in [-0.3, -0.25) is 0 Å². The molecule has 158 valence electrons. The predicted octanol–water partition coefficient (Wildman–Crippen LogP) is 2.52. The number of sulfonamides is 1. The van der Waals surface area contributed by atoms with Gasteiger partial charge in [-0.1, -0.05) is 13.3 Å². The first kappa shape index (κ1) is 21.3. The molecule has 1 saturated carbocycles. The van der Waals surface area contributed by atoms with Gasteiger partial charge in [-0.25, -0.2) is 18.1 Å². The Bertz CT molecular complexity index is 717. The SMILES string of the molecule is CCC1CCC(OCC2CN(c3ccc(O)cn3)CCC2NS(C)(=O)=O)CC1. The summed E-state index contributed by atoms with van der Waals surface area (Å²) in [5.41, 5.74) is 0. The average Bonchev–Trinajstić information content (AvgIpc) is 2.67. The molecule has 2 fully saturated rings. The van der Waals surface area contributed by atoms with Gasteiger partial charge >= 0.3 is 0 Å². The van der Waals surface area contributed by atoms with Crippen LogP contribution in [0.15, 0.2) is 18.3 Å². The summed E-state index contributed by atoms with van der Waals surface area (Å²) in [5.74, 6) is 1.82. The molecule has 3 rings (SSSR count). The summed E-state index contributed by atoms with van der Waals surface area (Å²) >= 11 is 0. The second-order valence-electron chi connectivity index (χ2n) is 8.25. The van der Waals surface area contributed by atoms with E-state index in [0.29, 0.717) is 26.1 Å². The van der Waals surface area contributed by atoms with Gasteiger partial charge in [-0.05, 0) is 50.2 Å². The molecule has 1 aromatic rings. The highest BCUT2D eigenvalue weighted by molar-refractivity contribution is 7.88. The first-order valence-electron chi connectivity index (χ1n) is 10.3. The summed E-state index contributed by atoms with van der Waals surface area (Å²) in [6.45, 7) is 4.18. The van der Waals surface area contributed by atoms with Crippen molar-refractivity contribution in [1.29, 1.82) is 0 Å². The maximum atomic E-state index is 11.8. The van der Waals surface area contributed by atoms with Gasteiger partial charge in [0.2, 0.25) is 10.0 Å². The van der Waals surface area contributed by atoms with Crippen molar-refractivity contribution in [2.45, 2.75) is 57.6 Å². The zero-order valence-electron chi connectivity index (χ0n) is 16.9. The third kappa shape index (κ3) is 6.06. The first-order valence-corrected chi connectivity index (χ1v) is 12.2. The molecule has 0 spiro atoms. The molecular formula is C20H33N3O4S. The summed E-state index contributed by atoms with van der Waals surface area (Å²) < 4.78 is 32.6. The Morgan fingerprint density at radius 1 is 1.25 bits per heavy atom. The highest BCUT2D eigenvalue weighted by atomic mass is 32.2. The van der Waals surface area contributed by atoms with Gasteiger partial charge in [-0.2, -0.15) is 0 Å². The Labute approximate surface area is 168 Å². The van der Waals surface area contributed by atoms with Crippen molar-refractivity contribution in [2.24, 2.45) is 11.8 Å². The van der Waals surface area contributed by atoms with E-state index in [9.17, 15) is 13.5 Å². The first-order chi connectivity index (χ1) is 13.3. The molecule has 28 heavy (non-hydrogen) atoms. The van der Waals surface area contributed by atoms with Crippen LogP contribution in [0.4, 0.5) is 5.82 Å². The molecule has 7 nitrogen and oxygen atoms in total. The molecule has 0 aromatic carbocycles. The lowest BCUT2D eigenvalue weighted by Gasteiger charge is -2.40. The van der Waals surface area contributed by atoms with Gasteiger partial charge in [0.05, 0.1) is 25.2 Å². The standard InChI is InChI=1S/C20H33N3O4S/c1-3-15-4-7-18(8-5-15)27-14-16-13-23(20-9-6-17(24)12-21-20)11-10-19(16)22-28(2,25)26/h6,9,12,15-16,18-19,22,24H,3-5,7-8,10-11,13-14H2,1-2H3. The number of hydrogen-bond donors (Lipinski definition) is 2. The number of pyridine rings is 1. The van der Waals surface area contributed by atoms with Crippen LogP contribution in [-0.4, -0.2) is 56.6 Å². The average molecular weight is 412 g/mol. The minimum Gasteiger partial charge on any atom is -0.506 e. The largest absolute Gasteiger partial charge is 0.506 e. The topological polar surface area (TPSA) is 91.8 Å². The van der Waals surface area contributed by atoms with E-state index in [1.807, 2.05) is 0 Å². The summed E-state index contributed by atoms with van der Waals surface area (Å²) in [4.78, 5) is 6.44. The van der Waals surface area contributed by atoms with Crippen molar-refractivity contribution in [3.63, 3.8) is 0 Å². The zero-order chi connectivity index (χ0) is 20.1. The molecule has 0 bridgehead atoms. The molecule has 2 heterocycles. The molecule has 1 aliphatic heterocycles. The predicted molar refractivity (Wildman–Crippen MR) is 110 cm³/mol. The van der Waals surface area contributed by atoms with Gasteiger partial charge < -0.3 is 14.7 Å². The third-order valence-electron chi connectivity index (χ3n) is 6.07. The van der Waals surface area contributed by atoms with Crippen LogP contribution in [0.5, 0.6) is 5.75 Å². The van der Waals surface area contributed by atoms with Crippen molar-refractivity contribution in [3.8, 4) is 5.75 Å². The van der Waals surface area contributed by atoms with Crippen molar-refractivity contribution in [2.75, 3.05) is 30.9 Å². The Morgan fingerprint density at radius 2 is 2.00 bits per heavy atom. The van der Waals surface area contributed by atoms with Crippen LogP contribution in [-0.2, 0) is 14.8 Å². The maximum Gasteiger partial charge on any atom is 0.208 e. The summed E-state index contributed by atoms with van der Waals surface area (Å²) in [5, 5.41) is 9.46. The highest BCUT2D eigenvalue weighted by Crippen LogP contribution is 2.30. The number of rotatable bonds is 7. The van der Waals surface area contributed by atoms with Crippen LogP contribution in [0.1, 0.15) is 45.4 Å². The molecule has 2 unspecified atom stereocenters. The maximum absolute atomic E-state index is 11.8. The lowest BCUT2D eigenvalue weighted by molar-refractivity contribution is -0.00741. The van der Waals surface area contributed by atoms with Crippen LogP contribution < -0.4 is 9.62 Å². The Morgan fingerprint density at radius 3 is 2.61 bits per heavy atom. The number of hydrogen-bond acceptors (Lipinski definition) is 6. The zero-order valence-corrected chi connectivity index (χ0v) is 17.7. The monoisotopic (exact) mass is 411 g/mol. The molecule has 2 atom stereocenters. The second kappa shape index (κ2) is 9.41. The lowest BCUT2D eigenvalue weighted by Crippen LogP contribution is -2.52. The Kier molecular flexibility index (Phi) is 7.17. The Balaban J connectivity index is 1.62. The molecule has 1 saturated heterocycles. The van der Waals surface area contributed by atoms with Gasteiger partial charge in [-0.15, -0.1) is 0 Å². The van der Waals surface area contributed by atoms with Crippen molar-refractivity contribution < 1.29 is 18.3 Å². The number of aromatic hydroxyl groups is 1. The molecule has 2 aliphatic rings. The number of nitrogens with zero attached hydrogens (tertiary/aromatic N) is 2. The fourth-order valence-electron chi connectivity index (χ4n) is 4.37. The van der Waals surface area contributed by atoms with Crippen LogP contribution in [0, 0.1) is 11.8 Å². The molecule has 8 heteroatoms. The number of ether oxygens (including phenoxy) is 1. The van der Waals surface area contributed by atoms with E-state index in [2.05, 4.69) is 21.5 Å². The Hall–Kier alpha value is -1.38. The summed E-state index contributed by atoms with van der Waals surface area (Å²) in [7, 11) is -3.27. The van der Waals surface area contributed by atoms with E-state index < -0.39 is 10.0 Å². The number of aromatic nitrogens is 1. The second-order valence-corrected chi connectivity index (χ2v) is 10.0. The van der Waals surface area contributed by atoms with Crippen LogP contribution >= 0.6 is 0 Å². The third-order valence-corrected chi connectivity index (χ3v) is 6.80. The van der Waals surface area contributed by atoms with E-state index in [1.54, 1.807) is 12.1 Å². The summed E-state index contributed by atoms with van der Waals surface area (Å²) in [6.07, 6.45) is 9.51. The van der Waals surface area contributed by atoms with Crippen LogP contribution in [0.3, 0.4) is 0 Å². The minimum atomic E-state index is -3.27. The van der Waals surface area contributed by atoms with Crippen molar-refractivity contribution in [1.82, 2.24) is 9.71 Å². The van der Waals surface area contributed by atoms with Gasteiger partial charge in [0.25, 0.3) is 0 Å². The normalized spacial score (nSPS) is 29.0. The molecule has 0 amide bonds. The molecule has 1 aromatic heterocycles. The number of piperidine rings is 1. The minimum absolute atomic E-state index is 0.0583. The number of nitrogens with one attached hydrogen (secondary N) is 1. The molecular weight excluding hydrogens is 378 g/mol. The van der Waals surface area contributed by atoms with E-state index >= 15 is 0 Å². The smallest absolute Gasteiger partial charge is 0.208 e. The fraction of sp³-hybridized carbons (Fsp3) is 0.750.